The summed E-state index contributed by atoms with van der Waals surface area (Å²) >= 11 is 0. The van der Waals surface area contributed by atoms with Crippen molar-refractivity contribution in [1.29, 1.82) is 0 Å². The summed E-state index contributed by atoms with van der Waals surface area (Å²) < 4.78 is 0. The molecule has 2 rings (SSSR count). The van der Waals surface area contributed by atoms with Crippen LogP contribution >= 0.6 is 0 Å². The molecule has 0 unspecified atom stereocenters. The third-order valence-corrected chi connectivity index (χ3v) is 3.15. The van der Waals surface area contributed by atoms with E-state index in [-0.39, 0.29) is 11.6 Å². The summed E-state index contributed by atoms with van der Waals surface area (Å²) in [6.07, 6.45) is 2.06. The second kappa shape index (κ2) is 6.65. The highest BCUT2D eigenvalue weighted by Crippen LogP contribution is 2.06. The van der Waals surface area contributed by atoms with Gasteiger partial charge in [-0.05, 0) is 24.1 Å². The van der Waals surface area contributed by atoms with Crippen molar-refractivity contribution in [3.63, 3.8) is 0 Å². The second-order valence-electron chi connectivity index (χ2n) is 4.70. The second-order valence-corrected chi connectivity index (χ2v) is 4.70. The highest BCUT2D eigenvalue weighted by atomic mass is 16.4. The number of amides is 1. The lowest BCUT2D eigenvalue weighted by Crippen LogP contribution is -2.29. The van der Waals surface area contributed by atoms with E-state index in [0.29, 0.717) is 12.1 Å². The van der Waals surface area contributed by atoms with Crippen LogP contribution in [-0.2, 0) is 6.42 Å². The molecule has 0 saturated carbocycles. The maximum absolute atomic E-state index is 12.2. The lowest BCUT2D eigenvalue weighted by atomic mass is 10.1. The average molecular weight is 284 g/mol. The van der Waals surface area contributed by atoms with Crippen LogP contribution in [0.5, 0.6) is 0 Å². The molecule has 0 fully saturated rings. The number of pyridine rings is 1. The Morgan fingerprint density at radius 2 is 1.86 bits per heavy atom. The maximum atomic E-state index is 12.2. The van der Waals surface area contributed by atoms with Crippen molar-refractivity contribution in [2.45, 2.75) is 6.42 Å². The number of aromatic nitrogens is 1. The van der Waals surface area contributed by atoms with Crippen molar-refractivity contribution in [2.75, 3.05) is 13.6 Å². The topological polar surface area (TPSA) is 70.5 Å². The molecule has 0 aliphatic rings. The van der Waals surface area contributed by atoms with E-state index in [2.05, 4.69) is 4.98 Å². The van der Waals surface area contributed by atoms with E-state index in [1.165, 1.54) is 18.3 Å². The van der Waals surface area contributed by atoms with Gasteiger partial charge in [-0.2, -0.15) is 0 Å². The molecular weight excluding hydrogens is 268 g/mol. The van der Waals surface area contributed by atoms with Gasteiger partial charge in [-0.25, -0.2) is 9.78 Å². The normalized spacial score (nSPS) is 10.1. The van der Waals surface area contributed by atoms with Crippen LogP contribution in [0.2, 0.25) is 0 Å². The molecule has 1 heterocycles. The van der Waals surface area contributed by atoms with Crippen LogP contribution in [0.1, 0.15) is 26.4 Å². The van der Waals surface area contributed by atoms with Crippen molar-refractivity contribution in [3.8, 4) is 0 Å². The number of aromatic carboxylic acids is 1. The number of hydrogen-bond acceptors (Lipinski definition) is 3. The Bertz CT molecular complexity index is 624. The minimum Gasteiger partial charge on any atom is -0.477 e. The SMILES string of the molecule is CN(CCc1ccccc1)C(=O)c1ccc(C(=O)O)nc1. The number of likely N-dealkylation sites (N-methyl/N-ethyl adjacent to an activating group) is 1. The van der Waals surface area contributed by atoms with E-state index in [4.69, 9.17) is 5.11 Å². The number of carbonyl (C=O) groups excluding carboxylic acids is 1. The van der Waals surface area contributed by atoms with Gasteiger partial charge in [0.25, 0.3) is 5.91 Å². The zero-order chi connectivity index (χ0) is 15.2. The smallest absolute Gasteiger partial charge is 0.354 e. The number of carboxylic acids is 1. The van der Waals surface area contributed by atoms with Crippen LogP contribution in [0.4, 0.5) is 0 Å². The third kappa shape index (κ3) is 3.89. The fourth-order valence-corrected chi connectivity index (χ4v) is 1.91. The molecule has 0 aliphatic carbocycles. The van der Waals surface area contributed by atoms with Crippen LogP contribution < -0.4 is 0 Å². The quantitative estimate of drug-likeness (QED) is 0.912. The van der Waals surface area contributed by atoms with Gasteiger partial charge in [0.1, 0.15) is 5.69 Å². The summed E-state index contributed by atoms with van der Waals surface area (Å²) in [5, 5.41) is 8.78. The van der Waals surface area contributed by atoms with Crippen molar-refractivity contribution in [3.05, 3.63) is 65.5 Å². The van der Waals surface area contributed by atoms with Gasteiger partial charge in [0.05, 0.1) is 5.56 Å². The third-order valence-electron chi connectivity index (χ3n) is 3.15. The zero-order valence-electron chi connectivity index (χ0n) is 11.7. The van der Waals surface area contributed by atoms with Crippen LogP contribution in [0.15, 0.2) is 48.7 Å². The van der Waals surface area contributed by atoms with Crippen molar-refractivity contribution < 1.29 is 14.7 Å². The first-order valence-electron chi connectivity index (χ1n) is 6.56. The molecule has 0 bridgehead atoms. The van der Waals surface area contributed by atoms with E-state index in [0.717, 1.165) is 12.0 Å². The first-order valence-corrected chi connectivity index (χ1v) is 6.56. The number of hydrogen-bond donors (Lipinski definition) is 1. The molecule has 108 valence electrons. The Hall–Kier alpha value is -2.69. The molecule has 21 heavy (non-hydrogen) atoms. The fourth-order valence-electron chi connectivity index (χ4n) is 1.91. The predicted molar refractivity (Wildman–Crippen MR) is 78.3 cm³/mol. The van der Waals surface area contributed by atoms with Crippen LogP contribution in [0, 0.1) is 0 Å². The summed E-state index contributed by atoms with van der Waals surface area (Å²) in [6, 6.07) is 12.7. The molecule has 0 radical (unpaired) electrons. The van der Waals surface area contributed by atoms with E-state index in [9.17, 15) is 9.59 Å². The molecule has 1 aromatic carbocycles. The van der Waals surface area contributed by atoms with Crippen molar-refractivity contribution >= 4 is 11.9 Å². The summed E-state index contributed by atoms with van der Waals surface area (Å²) in [6.45, 7) is 0.587. The largest absolute Gasteiger partial charge is 0.477 e. The molecule has 0 saturated heterocycles. The van der Waals surface area contributed by atoms with Crippen molar-refractivity contribution in [2.24, 2.45) is 0 Å². The van der Waals surface area contributed by atoms with Gasteiger partial charge in [-0.1, -0.05) is 30.3 Å². The van der Waals surface area contributed by atoms with Gasteiger partial charge < -0.3 is 10.0 Å². The van der Waals surface area contributed by atoms with E-state index >= 15 is 0 Å². The van der Waals surface area contributed by atoms with E-state index < -0.39 is 5.97 Å². The molecule has 0 atom stereocenters. The van der Waals surface area contributed by atoms with Gasteiger partial charge in [-0.15, -0.1) is 0 Å². The van der Waals surface area contributed by atoms with Crippen LogP contribution in [0.25, 0.3) is 0 Å². The summed E-state index contributed by atoms with van der Waals surface area (Å²) in [7, 11) is 1.72. The molecule has 1 N–H and O–H groups in total. The lowest BCUT2D eigenvalue weighted by Gasteiger charge is -2.17. The van der Waals surface area contributed by atoms with E-state index in [1.807, 2.05) is 30.3 Å². The van der Waals surface area contributed by atoms with Gasteiger partial charge >= 0.3 is 5.97 Å². The molecule has 0 aliphatic heterocycles. The Balaban J connectivity index is 1.97. The Kier molecular flexibility index (Phi) is 4.66. The number of carboxylic acid groups (broad SMARTS) is 1. The van der Waals surface area contributed by atoms with Crippen molar-refractivity contribution in [1.82, 2.24) is 9.88 Å². The molecule has 5 heteroatoms. The average Bonchev–Trinajstić information content (AvgIpc) is 2.53. The standard InChI is InChI=1S/C16H16N2O3/c1-18(10-9-12-5-3-2-4-6-12)15(19)13-7-8-14(16(20)21)17-11-13/h2-8,11H,9-10H2,1H3,(H,20,21). The number of rotatable bonds is 5. The first kappa shape index (κ1) is 14.7. The number of carbonyl (C=O) groups is 2. The molecule has 5 nitrogen and oxygen atoms in total. The molecule has 0 spiro atoms. The van der Waals surface area contributed by atoms with Crippen LogP contribution in [-0.4, -0.2) is 40.5 Å². The Morgan fingerprint density at radius 1 is 1.14 bits per heavy atom. The first-order chi connectivity index (χ1) is 10.1. The molecule has 1 amide bonds. The fraction of sp³-hybridized carbons (Fsp3) is 0.188. The Morgan fingerprint density at radius 3 is 2.43 bits per heavy atom. The van der Waals surface area contributed by atoms with Gasteiger partial charge in [0, 0.05) is 19.8 Å². The molecule has 2 aromatic rings. The molecule has 1 aromatic heterocycles. The highest BCUT2D eigenvalue weighted by molar-refractivity contribution is 5.94. The highest BCUT2D eigenvalue weighted by Gasteiger charge is 2.13. The van der Waals surface area contributed by atoms with Gasteiger partial charge in [0.2, 0.25) is 0 Å². The zero-order valence-corrected chi connectivity index (χ0v) is 11.7. The van der Waals surface area contributed by atoms with Gasteiger partial charge in [0.15, 0.2) is 0 Å². The minimum atomic E-state index is -1.11. The minimum absolute atomic E-state index is 0.0708. The Labute approximate surface area is 122 Å². The summed E-state index contributed by atoms with van der Waals surface area (Å²) in [5.41, 5.74) is 1.48. The summed E-state index contributed by atoms with van der Waals surface area (Å²) in [4.78, 5) is 28.3. The maximum Gasteiger partial charge on any atom is 0.354 e. The van der Waals surface area contributed by atoms with E-state index in [1.54, 1.807) is 11.9 Å². The monoisotopic (exact) mass is 284 g/mol. The van der Waals surface area contributed by atoms with Crippen LogP contribution in [0.3, 0.4) is 0 Å². The number of benzene rings is 1. The lowest BCUT2D eigenvalue weighted by molar-refractivity contribution is 0.0688. The van der Waals surface area contributed by atoms with Gasteiger partial charge in [-0.3, -0.25) is 4.79 Å². The number of nitrogens with zero attached hydrogens (tertiary/aromatic N) is 2. The summed E-state index contributed by atoms with van der Waals surface area (Å²) in [5.74, 6) is -1.28. The predicted octanol–water partition coefficient (Wildman–Crippen LogP) is 2.09. The molecular formula is C16H16N2O3.